The molecule has 0 spiro atoms. The molecule has 2 aromatic carbocycles. The zero-order chi connectivity index (χ0) is 24.2. The summed E-state index contributed by atoms with van der Waals surface area (Å²) in [6, 6.07) is 12.9. The van der Waals surface area contributed by atoms with Crippen LogP contribution in [0.15, 0.2) is 47.4 Å². The minimum Gasteiger partial charge on any atom is -0.302 e. The lowest BCUT2D eigenvalue weighted by molar-refractivity contribution is -0.121. The van der Waals surface area contributed by atoms with Gasteiger partial charge < -0.3 is 4.90 Å². The fourth-order valence-electron chi connectivity index (χ4n) is 4.00. The first kappa shape index (κ1) is 24.4. The Labute approximate surface area is 207 Å². The summed E-state index contributed by atoms with van der Waals surface area (Å²) in [5.41, 5.74) is 1.73. The molecule has 7 nitrogen and oxygen atoms in total. The van der Waals surface area contributed by atoms with Crippen LogP contribution in [-0.2, 0) is 9.59 Å². The van der Waals surface area contributed by atoms with Crippen LogP contribution in [0.5, 0.6) is 0 Å². The largest absolute Gasteiger partial charge is 0.302 e. The number of imide groups is 1. The van der Waals surface area contributed by atoms with Gasteiger partial charge in [-0.1, -0.05) is 31.3 Å². The van der Waals surface area contributed by atoms with Crippen LogP contribution in [0.3, 0.4) is 0 Å². The average molecular weight is 497 g/mol. The number of hydrogen-bond acceptors (Lipinski definition) is 7. The van der Waals surface area contributed by atoms with Crippen molar-refractivity contribution in [1.29, 1.82) is 0 Å². The Bertz CT molecular complexity index is 1210. The second kappa shape index (κ2) is 10.7. The van der Waals surface area contributed by atoms with E-state index < -0.39 is 0 Å². The fourth-order valence-corrected chi connectivity index (χ4v) is 5.54. The van der Waals surface area contributed by atoms with E-state index in [0.717, 1.165) is 28.2 Å². The zero-order valence-electron chi connectivity index (χ0n) is 19.6. The molecule has 4 rings (SSSR count). The van der Waals surface area contributed by atoms with Crippen LogP contribution < -0.4 is 9.80 Å². The Morgan fingerprint density at radius 3 is 2.47 bits per heavy atom. The number of thioether (sulfide) groups is 1. The van der Waals surface area contributed by atoms with Crippen molar-refractivity contribution >= 4 is 61.9 Å². The molecule has 0 bridgehead atoms. The van der Waals surface area contributed by atoms with Crippen LogP contribution in [0, 0.1) is 0 Å². The summed E-state index contributed by atoms with van der Waals surface area (Å²) in [5, 5.41) is 0.643. The molecule has 3 amide bonds. The highest BCUT2D eigenvalue weighted by Gasteiger charge is 2.31. The van der Waals surface area contributed by atoms with Crippen LogP contribution in [0.2, 0.25) is 0 Å². The molecule has 1 aromatic heterocycles. The first-order chi connectivity index (χ1) is 16.4. The maximum absolute atomic E-state index is 13.7. The molecule has 0 atom stereocenters. The molecule has 0 saturated carbocycles. The lowest BCUT2D eigenvalue weighted by Crippen LogP contribution is -2.39. The van der Waals surface area contributed by atoms with Crippen molar-refractivity contribution in [3.05, 3.63) is 48.0 Å². The van der Waals surface area contributed by atoms with E-state index in [2.05, 4.69) is 24.8 Å². The minimum atomic E-state index is -0.233. The smallest absolute Gasteiger partial charge is 0.260 e. The van der Waals surface area contributed by atoms with Crippen molar-refractivity contribution in [1.82, 2.24) is 9.88 Å². The van der Waals surface area contributed by atoms with Crippen molar-refractivity contribution in [2.24, 2.45) is 0 Å². The van der Waals surface area contributed by atoms with Gasteiger partial charge in [-0.3, -0.25) is 24.2 Å². The van der Waals surface area contributed by atoms with Gasteiger partial charge in [0.15, 0.2) is 5.13 Å². The average Bonchev–Trinajstić information content (AvgIpc) is 3.43. The maximum atomic E-state index is 13.7. The molecule has 0 aliphatic carbocycles. The van der Waals surface area contributed by atoms with Gasteiger partial charge in [-0.2, -0.15) is 0 Å². The van der Waals surface area contributed by atoms with Gasteiger partial charge in [0.25, 0.3) is 5.91 Å². The molecule has 0 radical (unpaired) electrons. The number of fused-ring (bicyclic) bond motifs is 1. The number of likely N-dealkylation sites (N-methyl/N-ethyl adjacent to an activating group) is 1. The van der Waals surface area contributed by atoms with Crippen molar-refractivity contribution < 1.29 is 14.4 Å². The van der Waals surface area contributed by atoms with Gasteiger partial charge in [0.1, 0.15) is 0 Å². The topological polar surface area (TPSA) is 73.8 Å². The number of nitrogens with zero attached hydrogens (tertiary/aromatic N) is 4. The van der Waals surface area contributed by atoms with E-state index in [1.165, 1.54) is 16.2 Å². The second-order valence-electron chi connectivity index (χ2n) is 7.99. The third-order valence-corrected chi connectivity index (χ3v) is 7.76. The van der Waals surface area contributed by atoms with Crippen LogP contribution in [0.1, 0.15) is 37.0 Å². The first-order valence-electron chi connectivity index (χ1n) is 11.4. The number of thiazole rings is 1. The van der Waals surface area contributed by atoms with Crippen molar-refractivity contribution in [2.75, 3.05) is 42.2 Å². The van der Waals surface area contributed by atoms with Gasteiger partial charge >= 0.3 is 0 Å². The van der Waals surface area contributed by atoms with Gasteiger partial charge in [0, 0.05) is 36.4 Å². The number of anilines is 2. The molecule has 34 heavy (non-hydrogen) atoms. The highest BCUT2D eigenvalue weighted by atomic mass is 32.2. The van der Waals surface area contributed by atoms with Gasteiger partial charge in [-0.15, -0.1) is 11.8 Å². The molecule has 1 aliphatic rings. The summed E-state index contributed by atoms with van der Waals surface area (Å²) in [6.45, 7) is 7.19. The third kappa shape index (κ3) is 5.01. The summed E-state index contributed by atoms with van der Waals surface area (Å²) in [4.78, 5) is 49.2. The predicted octanol–water partition coefficient (Wildman–Crippen LogP) is 4.66. The first-order valence-corrected chi connectivity index (χ1v) is 13.4. The fraction of sp³-hybridized carbons (Fsp3) is 0.360. The number of amides is 3. The Morgan fingerprint density at radius 2 is 1.79 bits per heavy atom. The lowest BCUT2D eigenvalue weighted by atomic mass is 10.1. The standard InChI is InChI=1S/C25H28N4O3S2/c1-4-27(5-2)13-14-28(25-26-20-10-9-19(33-3)16-21(20)34-25)24(32)17-7-6-8-18(15-17)29-22(30)11-12-23(29)31/h6-10,15-16H,4-5,11-14H2,1-3H3. The molecule has 1 aliphatic heterocycles. The number of benzene rings is 2. The minimum absolute atomic E-state index is 0.197. The highest BCUT2D eigenvalue weighted by molar-refractivity contribution is 7.98. The van der Waals surface area contributed by atoms with Crippen LogP contribution >= 0.6 is 23.1 Å². The van der Waals surface area contributed by atoms with Gasteiger partial charge in [-0.25, -0.2) is 4.98 Å². The van der Waals surface area contributed by atoms with E-state index in [9.17, 15) is 14.4 Å². The summed E-state index contributed by atoms with van der Waals surface area (Å²) < 4.78 is 1.03. The third-order valence-electron chi connectivity index (χ3n) is 6.00. The van der Waals surface area contributed by atoms with Crippen LogP contribution in [0.25, 0.3) is 10.2 Å². The maximum Gasteiger partial charge on any atom is 0.260 e. The summed E-state index contributed by atoms with van der Waals surface area (Å²) >= 11 is 3.17. The molecular weight excluding hydrogens is 468 g/mol. The van der Waals surface area contributed by atoms with Gasteiger partial charge in [0.05, 0.1) is 15.9 Å². The summed E-state index contributed by atoms with van der Waals surface area (Å²) in [5.74, 6) is -0.662. The number of aromatic nitrogens is 1. The quantitative estimate of drug-likeness (QED) is 0.317. The summed E-state index contributed by atoms with van der Waals surface area (Å²) in [7, 11) is 0. The SMILES string of the molecule is CCN(CC)CCN(C(=O)c1cccc(N2C(=O)CCC2=O)c1)c1nc2ccc(SC)cc2s1. The predicted molar refractivity (Wildman–Crippen MR) is 139 cm³/mol. The van der Waals surface area contributed by atoms with Crippen LogP contribution in [0.4, 0.5) is 10.8 Å². The van der Waals surface area contributed by atoms with E-state index in [1.54, 1.807) is 40.9 Å². The Balaban J connectivity index is 1.69. The van der Waals surface area contributed by atoms with Crippen LogP contribution in [-0.4, -0.2) is 60.0 Å². The second-order valence-corrected chi connectivity index (χ2v) is 9.88. The van der Waals surface area contributed by atoms with E-state index in [4.69, 9.17) is 4.98 Å². The highest BCUT2D eigenvalue weighted by Crippen LogP contribution is 2.33. The van der Waals surface area contributed by atoms with E-state index in [1.807, 2.05) is 18.4 Å². The molecule has 2 heterocycles. The molecule has 0 N–H and O–H groups in total. The monoisotopic (exact) mass is 496 g/mol. The molecule has 3 aromatic rings. The number of carbonyl (C=O) groups excluding carboxylic acids is 3. The number of rotatable bonds is 9. The van der Waals surface area contributed by atoms with Gasteiger partial charge in [0.2, 0.25) is 11.8 Å². The number of hydrogen-bond donors (Lipinski definition) is 0. The van der Waals surface area contributed by atoms with Crippen molar-refractivity contribution in [3.8, 4) is 0 Å². The molecule has 9 heteroatoms. The zero-order valence-corrected chi connectivity index (χ0v) is 21.2. The van der Waals surface area contributed by atoms with Crippen molar-refractivity contribution in [2.45, 2.75) is 31.6 Å². The van der Waals surface area contributed by atoms with Crippen molar-refractivity contribution in [3.63, 3.8) is 0 Å². The molecule has 0 unspecified atom stereocenters. The molecule has 1 fully saturated rings. The molecule has 178 valence electrons. The number of carbonyl (C=O) groups is 3. The van der Waals surface area contributed by atoms with E-state index >= 15 is 0 Å². The van der Waals surface area contributed by atoms with Gasteiger partial charge in [-0.05, 0) is 55.7 Å². The lowest BCUT2D eigenvalue weighted by Gasteiger charge is -2.25. The Hall–Kier alpha value is -2.75. The van der Waals surface area contributed by atoms with E-state index in [0.29, 0.717) is 29.5 Å². The Morgan fingerprint density at radius 1 is 1.06 bits per heavy atom. The molecular formula is C25H28N4O3S2. The summed E-state index contributed by atoms with van der Waals surface area (Å²) in [6.07, 6.45) is 2.44. The molecule has 1 saturated heterocycles. The Kier molecular flexibility index (Phi) is 7.65. The normalized spacial score (nSPS) is 13.9. The van der Waals surface area contributed by atoms with E-state index in [-0.39, 0.29) is 30.6 Å².